The predicted molar refractivity (Wildman–Crippen MR) is 49.1 cm³/mol. The third-order valence-corrected chi connectivity index (χ3v) is 2.25. The van der Waals surface area contributed by atoms with Crippen LogP contribution in [0.25, 0.3) is 0 Å². The summed E-state index contributed by atoms with van der Waals surface area (Å²) < 4.78 is 25.8. The fraction of sp³-hybridized carbons (Fsp3) is 0.400. The minimum absolute atomic E-state index is 0.0652. The number of hydrogen-bond acceptors (Lipinski definition) is 3. The first kappa shape index (κ1) is 12.0. The van der Waals surface area contributed by atoms with Gasteiger partial charge >= 0.3 is 0 Å². The van der Waals surface area contributed by atoms with E-state index >= 15 is 0 Å². The summed E-state index contributed by atoms with van der Waals surface area (Å²) in [5.41, 5.74) is -0.00884. The number of aliphatic hydroxyl groups excluding tert-OH is 3. The molecule has 0 aliphatic carbocycles. The molecule has 0 aromatic heterocycles. The van der Waals surface area contributed by atoms with Crippen LogP contribution in [-0.2, 0) is 0 Å². The zero-order valence-corrected chi connectivity index (χ0v) is 8.11. The van der Waals surface area contributed by atoms with Crippen LogP contribution >= 0.6 is 0 Å². The monoisotopic (exact) mass is 218 g/mol. The van der Waals surface area contributed by atoms with E-state index in [1.54, 1.807) is 0 Å². The lowest BCUT2D eigenvalue weighted by Crippen LogP contribution is -2.23. The Kier molecular flexibility index (Phi) is 3.73. The number of hydrogen-bond donors (Lipinski definition) is 3. The maximum Gasteiger partial charge on any atom is 0.162 e. The Bertz CT molecular complexity index is 355. The second-order valence-corrected chi connectivity index (χ2v) is 3.27. The summed E-state index contributed by atoms with van der Waals surface area (Å²) in [5, 5.41) is 27.2. The molecule has 0 amide bonds. The molecule has 3 N–H and O–H groups in total. The highest BCUT2D eigenvalue weighted by molar-refractivity contribution is 5.30. The Morgan fingerprint density at radius 2 is 1.87 bits per heavy atom. The molecule has 0 spiro atoms. The summed E-state index contributed by atoms with van der Waals surface area (Å²) in [6, 6.07) is 2.04. The Balaban J connectivity index is 3.10. The average molecular weight is 218 g/mol. The van der Waals surface area contributed by atoms with Crippen LogP contribution in [-0.4, -0.2) is 28.0 Å². The van der Waals surface area contributed by atoms with E-state index in [2.05, 4.69) is 0 Å². The Labute approximate surface area is 85.6 Å². The summed E-state index contributed by atoms with van der Waals surface area (Å²) in [4.78, 5) is 0. The molecule has 3 nitrogen and oxygen atoms in total. The molecule has 0 saturated carbocycles. The molecule has 1 rings (SSSR count). The van der Waals surface area contributed by atoms with Crippen molar-refractivity contribution in [3.8, 4) is 0 Å². The van der Waals surface area contributed by atoms with E-state index in [9.17, 15) is 13.9 Å². The molecule has 5 heteroatoms. The first-order valence-electron chi connectivity index (χ1n) is 4.40. The van der Waals surface area contributed by atoms with E-state index in [1.165, 1.54) is 13.0 Å². The van der Waals surface area contributed by atoms with Gasteiger partial charge in [0.2, 0.25) is 0 Å². The number of halogens is 2. The topological polar surface area (TPSA) is 60.7 Å². The molecule has 0 saturated heterocycles. The van der Waals surface area contributed by atoms with Gasteiger partial charge in [-0.05, 0) is 24.1 Å². The second-order valence-electron chi connectivity index (χ2n) is 3.27. The number of rotatable bonds is 3. The van der Waals surface area contributed by atoms with E-state index in [-0.39, 0.29) is 11.1 Å². The first-order valence-corrected chi connectivity index (χ1v) is 4.40. The summed E-state index contributed by atoms with van der Waals surface area (Å²) in [6.45, 7) is 0.640. The summed E-state index contributed by atoms with van der Waals surface area (Å²) in [6.07, 6.45) is -2.83. The van der Waals surface area contributed by atoms with Crippen molar-refractivity contribution < 1.29 is 24.1 Å². The molecule has 0 aliphatic rings. The minimum atomic E-state index is -1.43. The van der Waals surface area contributed by atoms with Gasteiger partial charge in [-0.25, -0.2) is 8.78 Å². The Hall–Kier alpha value is -1.04. The van der Waals surface area contributed by atoms with Gasteiger partial charge in [0.15, 0.2) is 11.6 Å². The fourth-order valence-corrected chi connectivity index (χ4v) is 1.29. The van der Waals surface area contributed by atoms with E-state index in [4.69, 9.17) is 10.2 Å². The van der Waals surface area contributed by atoms with E-state index in [1.807, 2.05) is 0 Å². The minimum Gasteiger partial charge on any atom is -0.394 e. The molecular weight excluding hydrogens is 206 g/mol. The van der Waals surface area contributed by atoms with E-state index < -0.39 is 30.4 Å². The molecule has 0 aliphatic heterocycles. The second kappa shape index (κ2) is 4.65. The molecule has 0 radical (unpaired) electrons. The van der Waals surface area contributed by atoms with Crippen LogP contribution in [0.5, 0.6) is 0 Å². The first-order chi connectivity index (χ1) is 6.99. The van der Waals surface area contributed by atoms with Crippen LogP contribution in [0.4, 0.5) is 8.78 Å². The zero-order valence-electron chi connectivity index (χ0n) is 8.11. The third kappa shape index (κ3) is 2.31. The van der Waals surface area contributed by atoms with E-state index in [0.29, 0.717) is 0 Å². The van der Waals surface area contributed by atoms with Gasteiger partial charge in [0.05, 0.1) is 6.61 Å². The van der Waals surface area contributed by atoms with Gasteiger partial charge in [0.25, 0.3) is 0 Å². The highest BCUT2D eigenvalue weighted by Crippen LogP contribution is 2.24. The normalized spacial score (nSPS) is 15.1. The molecule has 0 heterocycles. The van der Waals surface area contributed by atoms with Gasteiger partial charge in [-0.3, -0.25) is 0 Å². The molecule has 0 bridgehead atoms. The van der Waals surface area contributed by atoms with Gasteiger partial charge in [0, 0.05) is 0 Å². The van der Waals surface area contributed by atoms with Crippen LogP contribution in [0.3, 0.4) is 0 Å². The maximum atomic E-state index is 13.1. The van der Waals surface area contributed by atoms with Crippen molar-refractivity contribution in [2.24, 2.45) is 0 Å². The molecule has 1 aromatic carbocycles. The Morgan fingerprint density at radius 3 is 2.40 bits per heavy atom. The molecule has 1 aromatic rings. The zero-order chi connectivity index (χ0) is 11.6. The van der Waals surface area contributed by atoms with Gasteiger partial charge in [0.1, 0.15) is 12.2 Å². The van der Waals surface area contributed by atoms with Crippen LogP contribution in [0.2, 0.25) is 0 Å². The van der Waals surface area contributed by atoms with Crippen molar-refractivity contribution in [3.05, 3.63) is 34.9 Å². The van der Waals surface area contributed by atoms with Crippen LogP contribution in [0.1, 0.15) is 17.2 Å². The molecule has 84 valence electrons. The average Bonchev–Trinajstić information content (AvgIpc) is 2.24. The predicted octanol–water partition coefficient (Wildman–Crippen LogP) is 0.660. The van der Waals surface area contributed by atoms with Crippen molar-refractivity contribution >= 4 is 0 Å². The lowest BCUT2D eigenvalue weighted by atomic mass is 9.99. The summed E-state index contributed by atoms with van der Waals surface area (Å²) in [5.74, 6) is -2.07. The smallest absolute Gasteiger partial charge is 0.162 e. The molecular formula is C10H12F2O3. The molecule has 2 unspecified atom stereocenters. The lowest BCUT2D eigenvalue weighted by molar-refractivity contribution is -0.0157. The highest BCUT2D eigenvalue weighted by atomic mass is 19.2. The van der Waals surface area contributed by atoms with Crippen LogP contribution in [0, 0.1) is 18.6 Å². The van der Waals surface area contributed by atoms with Crippen LogP contribution < -0.4 is 0 Å². The van der Waals surface area contributed by atoms with Crippen molar-refractivity contribution in [3.63, 3.8) is 0 Å². The largest absolute Gasteiger partial charge is 0.394 e. The summed E-state index contributed by atoms with van der Waals surface area (Å²) >= 11 is 0. The third-order valence-electron chi connectivity index (χ3n) is 2.25. The SMILES string of the molecule is Cc1c(C(O)C(O)CO)ccc(F)c1F. The van der Waals surface area contributed by atoms with Crippen molar-refractivity contribution in [2.75, 3.05) is 6.61 Å². The van der Waals surface area contributed by atoms with Crippen molar-refractivity contribution in [2.45, 2.75) is 19.1 Å². The summed E-state index contributed by atoms with van der Waals surface area (Å²) in [7, 11) is 0. The number of benzene rings is 1. The Morgan fingerprint density at radius 1 is 1.27 bits per heavy atom. The molecule has 2 atom stereocenters. The fourth-order valence-electron chi connectivity index (χ4n) is 1.29. The standard InChI is InChI=1S/C10H12F2O3/c1-5-6(10(15)8(14)4-13)2-3-7(11)9(5)12/h2-3,8,10,13-15H,4H2,1H3. The molecule has 15 heavy (non-hydrogen) atoms. The van der Waals surface area contributed by atoms with Gasteiger partial charge in [-0.1, -0.05) is 6.07 Å². The quantitative estimate of drug-likeness (QED) is 0.698. The molecule has 0 fully saturated rings. The van der Waals surface area contributed by atoms with Gasteiger partial charge in [-0.15, -0.1) is 0 Å². The van der Waals surface area contributed by atoms with E-state index in [0.717, 1.165) is 6.07 Å². The highest BCUT2D eigenvalue weighted by Gasteiger charge is 2.21. The van der Waals surface area contributed by atoms with Gasteiger partial charge < -0.3 is 15.3 Å². The lowest BCUT2D eigenvalue weighted by Gasteiger charge is -2.18. The van der Waals surface area contributed by atoms with Gasteiger partial charge in [-0.2, -0.15) is 0 Å². The van der Waals surface area contributed by atoms with Crippen LogP contribution in [0.15, 0.2) is 12.1 Å². The van der Waals surface area contributed by atoms with Crippen molar-refractivity contribution in [1.29, 1.82) is 0 Å². The number of aliphatic hydroxyl groups is 3. The maximum absolute atomic E-state index is 13.1. The van der Waals surface area contributed by atoms with Crippen molar-refractivity contribution in [1.82, 2.24) is 0 Å².